The molecule has 0 unspecified atom stereocenters. The molecule has 1 N–H and O–H groups in total. The first-order valence-electron chi connectivity index (χ1n) is 6.91. The van der Waals surface area contributed by atoms with Gasteiger partial charge in [0.05, 0.1) is 0 Å². The molecule has 0 saturated heterocycles. The summed E-state index contributed by atoms with van der Waals surface area (Å²) in [6.07, 6.45) is 1.76. The van der Waals surface area contributed by atoms with Crippen molar-refractivity contribution in [1.82, 2.24) is 5.32 Å². The molecule has 0 saturated carbocycles. The van der Waals surface area contributed by atoms with E-state index in [-0.39, 0.29) is 0 Å². The van der Waals surface area contributed by atoms with E-state index in [0.29, 0.717) is 11.1 Å². The minimum Gasteiger partial charge on any atom is -0.288 e. The lowest BCUT2D eigenvalue weighted by Crippen LogP contribution is -2.31. The topological polar surface area (TPSA) is 46.2 Å². The molecular weight excluding hydrogens is 274 g/mol. The van der Waals surface area contributed by atoms with Crippen LogP contribution < -0.4 is 5.32 Å². The van der Waals surface area contributed by atoms with E-state index in [1.165, 1.54) is 0 Å². The molecule has 2 aromatic carbocycles. The molecule has 0 bridgehead atoms. The third-order valence-electron chi connectivity index (χ3n) is 3.05. The fraction of sp³-hybridized carbons (Fsp3) is 0.0526. The molecule has 3 nitrogen and oxygen atoms in total. The minimum atomic E-state index is -0.472. The first-order chi connectivity index (χ1) is 10.6. The second-order valence-corrected chi connectivity index (χ2v) is 4.90. The first kappa shape index (κ1) is 15.4. The van der Waals surface area contributed by atoms with Crippen molar-refractivity contribution in [2.45, 2.75) is 6.92 Å². The van der Waals surface area contributed by atoms with E-state index in [0.717, 1.165) is 11.1 Å². The SMILES string of the molecule is C=C(C)C(=O)NC(=O)C(=Cc1ccccc1)c1ccccc1. The van der Waals surface area contributed by atoms with Gasteiger partial charge in [-0.1, -0.05) is 67.2 Å². The Bertz CT molecular complexity index is 716. The zero-order valence-electron chi connectivity index (χ0n) is 12.4. The number of hydrogen-bond donors (Lipinski definition) is 1. The predicted octanol–water partition coefficient (Wildman–Crippen LogP) is 3.45. The maximum atomic E-state index is 12.4. The van der Waals surface area contributed by atoms with Gasteiger partial charge in [-0.05, 0) is 24.1 Å². The summed E-state index contributed by atoms with van der Waals surface area (Å²) >= 11 is 0. The normalized spacial score (nSPS) is 10.9. The standard InChI is InChI=1S/C19H17NO2/c1-14(2)18(21)20-19(22)17(16-11-7-4-8-12-16)13-15-9-5-3-6-10-15/h3-13H,1H2,2H3,(H,20,21,22). The van der Waals surface area contributed by atoms with Gasteiger partial charge in [-0.25, -0.2) is 0 Å². The number of carbonyl (C=O) groups excluding carboxylic acids is 2. The molecule has 2 amide bonds. The van der Waals surface area contributed by atoms with Crippen molar-refractivity contribution in [3.8, 4) is 0 Å². The highest BCUT2D eigenvalue weighted by molar-refractivity contribution is 6.28. The summed E-state index contributed by atoms with van der Waals surface area (Å²) in [4.78, 5) is 24.1. The largest absolute Gasteiger partial charge is 0.288 e. The summed E-state index contributed by atoms with van der Waals surface area (Å²) in [6.45, 7) is 5.10. The highest BCUT2D eigenvalue weighted by Gasteiger charge is 2.15. The molecule has 0 aliphatic rings. The monoisotopic (exact) mass is 291 g/mol. The third-order valence-corrected chi connectivity index (χ3v) is 3.05. The lowest BCUT2D eigenvalue weighted by molar-refractivity contribution is -0.125. The molecular formula is C19H17NO2. The highest BCUT2D eigenvalue weighted by Crippen LogP contribution is 2.18. The quantitative estimate of drug-likeness (QED) is 0.693. The van der Waals surface area contributed by atoms with Gasteiger partial charge < -0.3 is 0 Å². The third kappa shape index (κ3) is 4.03. The fourth-order valence-corrected chi connectivity index (χ4v) is 1.89. The van der Waals surface area contributed by atoms with Crippen molar-refractivity contribution in [2.75, 3.05) is 0 Å². The van der Waals surface area contributed by atoms with Gasteiger partial charge in [-0.15, -0.1) is 0 Å². The Labute approximate surface area is 130 Å². The van der Waals surface area contributed by atoms with E-state index in [1.54, 1.807) is 13.0 Å². The molecule has 2 rings (SSSR count). The minimum absolute atomic E-state index is 0.292. The van der Waals surface area contributed by atoms with E-state index in [9.17, 15) is 9.59 Å². The Hall–Kier alpha value is -2.94. The second-order valence-electron chi connectivity index (χ2n) is 4.90. The molecule has 110 valence electrons. The molecule has 0 aromatic heterocycles. The van der Waals surface area contributed by atoms with Crippen LogP contribution in [0.1, 0.15) is 18.1 Å². The van der Waals surface area contributed by atoms with Gasteiger partial charge in [0.15, 0.2) is 0 Å². The molecule has 0 atom stereocenters. The average molecular weight is 291 g/mol. The summed E-state index contributed by atoms with van der Waals surface area (Å²) in [5, 5.41) is 2.35. The summed E-state index contributed by atoms with van der Waals surface area (Å²) in [7, 11) is 0. The van der Waals surface area contributed by atoms with Gasteiger partial charge in [0, 0.05) is 11.1 Å². The molecule has 0 aliphatic heterocycles. The van der Waals surface area contributed by atoms with Crippen molar-refractivity contribution in [1.29, 1.82) is 0 Å². The Morgan fingerprint density at radius 2 is 1.45 bits per heavy atom. The number of carbonyl (C=O) groups is 2. The van der Waals surface area contributed by atoms with Crippen molar-refractivity contribution < 1.29 is 9.59 Å². The predicted molar refractivity (Wildman–Crippen MR) is 88.7 cm³/mol. The lowest BCUT2D eigenvalue weighted by atomic mass is 10.0. The Morgan fingerprint density at radius 1 is 0.909 bits per heavy atom. The molecule has 3 heteroatoms. The van der Waals surface area contributed by atoms with Crippen LogP contribution in [0, 0.1) is 0 Å². The van der Waals surface area contributed by atoms with Crippen LogP contribution in [-0.2, 0) is 9.59 Å². The van der Waals surface area contributed by atoms with Gasteiger partial charge in [0.25, 0.3) is 11.8 Å². The second kappa shape index (κ2) is 7.18. The Morgan fingerprint density at radius 3 is 2.00 bits per heavy atom. The molecule has 0 aliphatic carbocycles. The van der Waals surface area contributed by atoms with E-state index in [2.05, 4.69) is 11.9 Å². The van der Waals surface area contributed by atoms with E-state index in [1.807, 2.05) is 60.7 Å². The highest BCUT2D eigenvalue weighted by atomic mass is 16.2. The Balaban J connectivity index is 2.38. The average Bonchev–Trinajstić information content (AvgIpc) is 2.54. The number of hydrogen-bond acceptors (Lipinski definition) is 2. The van der Waals surface area contributed by atoms with Crippen LogP contribution in [0.5, 0.6) is 0 Å². The van der Waals surface area contributed by atoms with E-state index >= 15 is 0 Å². The van der Waals surface area contributed by atoms with Gasteiger partial charge in [0.1, 0.15) is 0 Å². The number of benzene rings is 2. The zero-order valence-corrected chi connectivity index (χ0v) is 12.4. The summed E-state index contributed by atoms with van der Waals surface area (Å²) < 4.78 is 0. The maximum Gasteiger partial charge on any atom is 0.258 e. The Kier molecular flexibility index (Phi) is 5.04. The van der Waals surface area contributed by atoms with Crippen LogP contribution in [0.3, 0.4) is 0 Å². The van der Waals surface area contributed by atoms with Crippen LogP contribution >= 0.6 is 0 Å². The zero-order chi connectivity index (χ0) is 15.9. The molecule has 2 aromatic rings. The summed E-state index contributed by atoms with van der Waals surface area (Å²) in [5.41, 5.74) is 2.36. The number of amides is 2. The summed E-state index contributed by atoms with van der Waals surface area (Å²) in [6, 6.07) is 18.7. The van der Waals surface area contributed by atoms with Crippen LogP contribution in [0.15, 0.2) is 72.8 Å². The van der Waals surface area contributed by atoms with Gasteiger partial charge in [0.2, 0.25) is 0 Å². The number of rotatable bonds is 4. The lowest BCUT2D eigenvalue weighted by Gasteiger charge is -2.09. The molecule has 0 spiro atoms. The molecule has 0 radical (unpaired) electrons. The number of nitrogens with one attached hydrogen (secondary N) is 1. The van der Waals surface area contributed by atoms with Crippen LogP contribution in [0.2, 0.25) is 0 Å². The van der Waals surface area contributed by atoms with Gasteiger partial charge >= 0.3 is 0 Å². The van der Waals surface area contributed by atoms with Crippen LogP contribution in [0.4, 0.5) is 0 Å². The smallest absolute Gasteiger partial charge is 0.258 e. The summed E-state index contributed by atoms with van der Waals surface area (Å²) in [5.74, 6) is -0.914. The first-order valence-corrected chi connectivity index (χ1v) is 6.91. The molecule has 22 heavy (non-hydrogen) atoms. The number of imide groups is 1. The van der Waals surface area contributed by atoms with Gasteiger partial charge in [-0.3, -0.25) is 14.9 Å². The van der Waals surface area contributed by atoms with Crippen molar-refractivity contribution in [3.63, 3.8) is 0 Å². The maximum absolute atomic E-state index is 12.4. The fourth-order valence-electron chi connectivity index (χ4n) is 1.89. The van der Waals surface area contributed by atoms with Crippen molar-refractivity contribution in [3.05, 3.63) is 83.9 Å². The van der Waals surface area contributed by atoms with E-state index < -0.39 is 11.8 Å². The van der Waals surface area contributed by atoms with Crippen LogP contribution in [-0.4, -0.2) is 11.8 Å². The molecule has 0 fully saturated rings. The van der Waals surface area contributed by atoms with Gasteiger partial charge in [-0.2, -0.15) is 0 Å². The molecule has 0 heterocycles. The van der Waals surface area contributed by atoms with Crippen molar-refractivity contribution in [2.24, 2.45) is 0 Å². The van der Waals surface area contributed by atoms with E-state index in [4.69, 9.17) is 0 Å². The van der Waals surface area contributed by atoms with Crippen LogP contribution in [0.25, 0.3) is 11.6 Å². The van der Waals surface area contributed by atoms with Crippen molar-refractivity contribution >= 4 is 23.5 Å².